The lowest BCUT2D eigenvalue weighted by molar-refractivity contribution is -0.120. The fourth-order valence-corrected chi connectivity index (χ4v) is 3.40. The van der Waals surface area contributed by atoms with Gasteiger partial charge in [0, 0.05) is 12.0 Å². The lowest BCUT2D eigenvalue weighted by Crippen LogP contribution is -2.13. The number of hydrogen-bond donors (Lipinski definition) is 1. The molecule has 0 aliphatic heterocycles. The molecule has 0 fully saturated rings. The average molecular weight is 433 g/mol. The second-order valence-corrected chi connectivity index (χ2v) is 8.97. The van der Waals surface area contributed by atoms with Crippen molar-refractivity contribution in [2.24, 2.45) is 5.41 Å². The van der Waals surface area contributed by atoms with Crippen LogP contribution in [0.5, 0.6) is 17.2 Å². The molecule has 0 amide bonds. The summed E-state index contributed by atoms with van der Waals surface area (Å²) in [4.78, 5) is 23.0. The molecule has 166 valence electrons. The second-order valence-electron chi connectivity index (χ2n) is 8.97. The molecule has 1 N–H and O–H groups in total. The molecule has 0 radical (unpaired) electrons. The maximum Gasteiger partial charge on any atom is 0.298 e. The molecule has 5 nitrogen and oxygen atoms in total. The van der Waals surface area contributed by atoms with E-state index in [2.05, 4.69) is 0 Å². The summed E-state index contributed by atoms with van der Waals surface area (Å²) in [7, 11) is 0. The van der Waals surface area contributed by atoms with Crippen molar-refractivity contribution in [2.75, 3.05) is 0 Å². The third kappa shape index (κ3) is 5.76. The van der Waals surface area contributed by atoms with Crippen molar-refractivity contribution in [1.82, 2.24) is 0 Å². The molecule has 0 saturated heterocycles. The average Bonchev–Trinajstić information content (AvgIpc) is 2.74. The fourth-order valence-electron chi connectivity index (χ4n) is 3.40. The summed E-state index contributed by atoms with van der Waals surface area (Å²) < 4.78 is 10.8. The van der Waals surface area contributed by atoms with Crippen molar-refractivity contribution in [1.29, 1.82) is 0 Å². The molecule has 0 saturated carbocycles. The number of aromatic hydroxyl groups is 1. The smallest absolute Gasteiger partial charge is 0.298 e. The van der Waals surface area contributed by atoms with Crippen molar-refractivity contribution in [3.63, 3.8) is 0 Å². The van der Waals surface area contributed by atoms with Gasteiger partial charge >= 0.3 is 0 Å². The maximum atomic E-state index is 12.5. The Hall–Kier alpha value is -3.60. The van der Waals surface area contributed by atoms with E-state index in [9.17, 15) is 14.7 Å². The van der Waals surface area contributed by atoms with Gasteiger partial charge in [0.25, 0.3) is 6.47 Å². The number of ketones is 1. The zero-order valence-electron chi connectivity index (χ0n) is 18.8. The molecular formula is C27H28O5. The van der Waals surface area contributed by atoms with Gasteiger partial charge in [-0.15, -0.1) is 0 Å². The minimum atomic E-state index is -0.151. The summed E-state index contributed by atoms with van der Waals surface area (Å²) in [6.07, 6.45) is 0.358. The third-order valence-corrected chi connectivity index (χ3v) is 5.07. The van der Waals surface area contributed by atoms with E-state index in [4.69, 9.17) is 9.47 Å². The SMILES string of the molecule is Cc1c(OCc2ccc(-c3cccc(OC=O)c3)cc2)ccc(C(=O)CC(C)(C)C)c1O. The van der Waals surface area contributed by atoms with Crippen molar-refractivity contribution in [3.05, 3.63) is 77.4 Å². The summed E-state index contributed by atoms with van der Waals surface area (Å²) in [6.45, 7) is 8.46. The quantitative estimate of drug-likeness (QED) is 0.344. The largest absolute Gasteiger partial charge is 0.507 e. The lowest BCUT2D eigenvalue weighted by atomic mass is 9.87. The van der Waals surface area contributed by atoms with Crippen LogP contribution in [0.1, 0.15) is 48.7 Å². The van der Waals surface area contributed by atoms with Gasteiger partial charge < -0.3 is 14.6 Å². The van der Waals surface area contributed by atoms with Crippen LogP contribution in [0.2, 0.25) is 0 Å². The molecule has 3 aromatic carbocycles. The van der Waals surface area contributed by atoms with Crippen LogP contribution in [0.15, 0.2) is 60.7 Å². The first-order valence-corrected chi connectivity index (χ1v) is 10.5. The summed E-state index contributed by atoms with van der Waals surface area (Å²) in [5.41, 5.74) is 3.61. The molecule has 0 aromatic heterocycles. The monoisotopic (exact) mass is 432 g/mol. The zero-order chi connectivity index (χ0) is 23.3. The van der Waals surface area contributed by atoms with Crippen LogP contribution >= 0.6 is 0 Å². The molecular weight excluding hydrogens is 404 g/mol. The first-order valence-electron chi connectivity index (χ1n) is 10.5. The van der Waals surface area contributed by atoms with Gasteiger partial charge in [0.2, 0.25) is 0 Å². The first-order chi connectivity index (χ1) is 15.2. The van der Waals surface area contributed by atoms with Gasteiger partial charge in [-0.25, -0.2) is 0 Å². The Morgan fingerprint density at radius 3 is 2.38 bits per heavy atom. The second kappa shape index (κ2) is 9.69. The standard InChI is InChI=1S/C27H28O5/c1-18-25(13-12-23(26(18)30)24(29)15-27(2,3)4)31-16-19-8-10-20(11-9-19)21-6-5-7-22(14-21)32-17-28/h5-14,17,30H,15-16H2,1-4H3. The summed E-state index contributed by atoms with van der Waals surface area (Å²) in [5, 5.41) is 10.5. The van der Waals surface area contributed by atoms with Gasteiger partial charge in [-0.05, 0) is 53.3 Å². The molecule has 0 spiro atoms. The number of phenolic OH excluding ortho intramolecular Hbond substituents is 1. The van der Waals surface area contributed by atoms with Crippen molar-refractivity contribution in [3.8, 4) is 28.4 Å². The normalized spacial score (nSPS) is 11.1. The maximum absolute atomic E-state index is 12.5. The summed E-state index contributed by atoms with van der Waals surface area (Å²) in [6, 6.07) is 18.5. The van der Waals surface area contributed by atoms with E-state index >= 15 is 0 Å². The third-order valence-electron chi connectivity index (χ3n) is 5.07. The molecule has 5 heteroatoms. The minimum Gasteiger partial charge on any atom is -0.507 e. The van der Waals surface area contributed by atoms with E-state index in [-0.39, 0.29) is 16.9 Å². The molecule has 0 atom stereocenters. The highest BCUT2D eigenvalue weighted by molar-refractivity contribution is 5.99. The van der Waals surface area contributed by atoms with E-state index < -0.39 is 0 Å². The van der Waals surface area contributed by atoms with E-state index in [0.717, 1.165) is 16.7 Å². The van der Waals surface area contributed by atoms with Crippen LogP contribution in [0, 0.1) is 12.3 Å². The van der Waals surface area contributed by atoms with Gasteiger partial charge in [-0.1, -0.05) is 57.2 Å². The highest BCUT2D eigenvalue weighted by Gasteiger charge is 2.21. The van der Waals surface area contributed by atoms with Crippen molar-refractivity contribution in [2.45, 2.75) is 40.7 Å². The molecule has 32 heavy (non-hydrogen) atoms. The van der Waals surface area contributed by atoms with Crippen LogP contribution in [-0.4, -0.2) is 17.4 Å². The van der Waals surface area contributed by atoms with Gasteiger partial charge in [0.05, 0.1) is 5.56 Å². The minimum absolute atomic E-state index is 0.0236. The topological polar surface area (TPSA) is 72.8 Å². The lowest BCUT2D eigenvalue weighted by Gasteiger charge is -2.18. The van der Waals surface area contributed by atoms with Crippen molar-refractivity contribution >= 4 is 12.3 Å². The van der Waals surface area contributed by atoms with Gasteiger partial charge in [-0.2, -0.15) is 0 Å². The molecule has 3 rings (SSSR count). The van der Waals surface area contributed by atoms with Gasteiger partial charge in [-0.3, -0.25) is 9.59 Å². The molecule has 0 heterocycles. The number of carbonyl (C=O) groups is 2. The Kier molecular flexibility index (Phi) is 6.98. The van der Waals surface area contributed by atoms with E-state index in [0.29, 0.717) is 42.1 Å². The molecule has 3 aromatic rings. The number of benzene rings is 3. The fraction of sp³-hybridized carbons (Fsp3) is 0.259. The highest BCUT2D eigenvalue weighted by Crippen LogP contribution is 2.33. The Labute approximate surface area is 188 Å². The Morgan fingerprint density at radius 1 is 1.00 bits per heavy atom. The first kappa shape index (κ1) is 23.1. The highest BCUT2D eigenvalue weighted by atomic mass is 16.5. The predicted molar refractivity (Wildman–Crippen MR) is 124 cm³/mol. The van der Waals surface area contributed by atoms with Gasteiger partial charge in [0.15, 0.2) is 5.78 Å². The van der Waals surface area contributed by atoms with Crippen LogP contribution in [0.3, 0.4) is 0 Å². The number of hydrogen-bond acceptors (Lipinski definition) is 5. The van der Waals surface area contributed by atoms with Gasteiger partial charge in [0.1, 0.15) is 23.9 Å². The number of ether oxygens (including phenoxy) is 2. The zero-order valence-corrected chi connectivity index (χ0v) is 18.8. The Bertz CT molecular complexity index is 1110. The number of rotatable bonds is 8. The Balaban J connectivity index is 1.69. The number of carbonyl (C=O) groups excluding carboxylic acids is 2. The molecule has 0 aliphatic carbocycles. The molecule has 0 unspecified atom stereocenters. The number of Topliss-reactive ketones (excluding diaryl/α,β-unsaturated/α-hetero) is 1. The van der Waals surface area contributed by atoms with E-state index in [1.165, 1.54) is 0 Å². The van der Waals surface area contributed by atoms with Crippen LogP contribution in [0.25, 0.3) is 11.1 Å². The molecule has 0 bridgehead atoms. The van der Waals surface area contributed by atoms with Crippen molar-refractivity contribution < 1.29 is 24.2 Å². The van der Waals surface area contributed by atoms with E-state index in [1.54, 1.807) is 31.2 Å². The summed E-state index contributed by atoms with van der Waals surface area (Å²) in [5.74, 6) is 0.926. The van der Waals surface area contributed by atoms with E-state index in [1.807, 2.05) is 57.2 Å². The number of phenols is 1. The molecule has 0 aliphatic rings. The van der Waals surface area contributed by atoms with Crippen LogP contribution in [0.4, 0.5) is 0 Å². The summed E-state index contributed by atoms with van der Waals surface area (Å²) >= 11 is 0. The Morgan fingerprint density at radius 2 is 1.72 bits per heavy atom. The van der Waals surface area contributed by atoms with Crippen LogP contribution < -0.4 is 9.47 Å². The predicted octanol–water partition coefficient (Wildman–Crippen LogP) is 6.10. The van der Waals surface area contributed by atoms with Crippen LogP contribution in [-0.2, 0) is 11.4 Å².